The van der Waals surface area contributed by atoms with E-state index in [0.717, 1.165) is 11.6 Å². The quantitative estimate of drug-likeness (QED) is 0.860. The van der Waals surface area contributed by atoms with Crippen LogP contribution in [0.25, 0.3) is 0 Å². The average molecular weight is 240 g/mol. The summed E-state index contributed by atoms with van der Waals surface area (Å²) >= 11 is 3.07. The van der Waals surface area contributed by atoms with Gasteiger partial charge < -0.3 is 11.1 Å². The van der Waals surface area contributed by atoms with E-state index >= 15 is 0 Å². The van der Waals surface area contributed by atoms with Crippen molar-refractivity contribution in [2.75, 3.05) is 11.1 Å². The lowest BCUT2D eigenvalue weighted by molar-refractivity contribution is 0.799. The van der Waals surface area contributed by atoms with Gasteiger partial charge in [-0.05, 0) is 18.4 Å². The molecule has 0 radical (unpaired) electrons. The summed E-state index contributed by atoms with van der Waals surface area (Å²) in [5.41, 5.74) is 5.44. The van der Waals surface area contributed by atoms with Crippen LogP contribution in [0.4, 0.5) is 11.1 Å². The first-order valence-corrected chi connectivity index (χ1v) is 6.27. The molecule has 15 heavy (non-hydrogen) atoms. The van der Waals surface area contributed by atoms with Gasteiger partial charge in [0.25, 0.3) is 0 Å². The number of hydrogen-bond donors (Lipinski definition) is 2. The Morgan fingerprint density at radius 3 is 3.07 bits per heavy atom. The fourth-order valence-electron chi connectivity index (χ4n) is 1.29. The third-order valence-electron chi connectivity index (χ3n) is 1.90. The third kappa shape index (κ3) is 2.90. The van der Waals surface area contributed by atoms with Crippen molar-refractivity contribution >= 4 is 33.9 Å². The second kappa shape index (κ2) is 4.59. The average Bonchev–Trinajstić information content (AvgIpc) is 2.77. The Hall–Kier alpha value is -1.14. The van der Waals surface area contributed by atoms with E-state index < -0.39 is 0 Å². The first kappa shape index (κ1) is 10.4. The monoisotopic (exact) mass is 240 g/mol. The molecular weight excluding hydrogens is 228 g/mol. The van der Waals surface area contributed by atoms with Crippen LogP contribution in [-0.2, 0) is 6.42 Å². The van der Waals surface area contributed by atoms with Crippen LogP contribution in [0, 0.1) is 0 Å². The lowest BCUT2D eigenvalue weighted by Crippen LogP contribution is -2.17. The van der Waals surface area contributed by atoms with Crippen LogP contribution in [0.1, 0.15) is 11.8 Å². The Balaban J connectivity index is 1.90. The summed E-state index contributed by atoms with van der Waals surface area (Å²) in [7, 11) is 0. The minimum Gasteiger partial charge on any atom is -0.367 e. The number of nitrogens with zero attached hydrogens (tertiary/aromatic N) is 2. The normalized spacial score (nSPS) is 12.6. The molecule has 80 valence electrons. The zero-order chi connectivity index (χ0) is 10.7. The molecule has 3 N–H and O–H groups in total. The van der Waals surface area contributed by atoms with Gasteiger partial charge in [-0.15, -0.1) is 11.3 Å². The Kier molecular flexibility index (Phi) is 3.17. The summed E-state index contributed by atoms with van der Waals surface area (Å²) < 4.78 is 3.92. The van der Waals surface area contributed by atoms with Gasteiger partial charge in [-0.2, -0.15) is 9.36 Å². The third-order valence-corrected chi connectivity index (χ3v) is 3.46. The van der Waals surface area contributed by atoms with Crippen LogP contribution in [0.3, 0.4) is 0 Å². The second-order valence-corrected chi connectivity index (χ2v) is 5.07. The summed E-state index contributed by atoms with van der Waals surface area (Å²) in [6, 6.07) is 4.54. The molecule has 0 amide bonds. The largest absolute Gasteiger partial charge is 0.367 e. The number of nitrogens with two attached hydrogens (primary N) is 1. The van der Waals surface area contributed by atoms with Crippen molar-refractivity contribution in [1.29, 1.82) is 0 Å². The van der Waals surface area contributed by atoms with Crippen molar-refractivity contribution in [3.05, 3.63) is 22.4 Å². The van der Waals surface area contributed by atoms with Crippen LogP contribution in [0.2, 0.25) is 0 Å². The predicted molar refractivity (Wildman–Crippen MR) is 65.4 cm³/mol. The minimum atomic E-state index is 0.339. The van der Waals surface area contributed by atoms with Crippen molar-refractivity contribution in [2.24, 2.45) is 0 Å². The van der Waals surface area contributed by atoms with Crippen LogP contribution in [0.15, 0.2) is 17.5 Å². The fraction of sp³-hybridized carbons (Fsp3) is 0.333. The first-order chi connectivity index (χ1) is 7.24. The number of hydrogen-bond acceptors (Lipinski definition) is 6. The van der Waals surface area contributed by atoms with Crippen LogP contribution < -0.4 is 11.1 Å². The number of thiophene rings is 1. The highest BCUT2D eigenvalue weighted by atomic mass is 32.1. The molecule has 2 rings (SSSR count). The van der Waals surface area contributed by atoms with E-state index in [1.807, 2.05) is 0 Å². The molecule has 0 spiro atoms. The molecular formula is C9H12N4S2. The molecule has 2 aromatic heterocycles. The van der Waals surface area contributed by atoms with Gasteiger partial charge >= 0.3 is 0 Å². The SMILES string of the molecule is CC(Cc1cccs1)Nc1nc(N)ns1. The van der Waals surface area contributed by atoms with E-state index in [9.17, 15) is 0 Å². The Morgan fingerprint density at radius 2 is 2.47 bits per heavy atom. The Morgan fingerprint density at radius 1 is 1.60 bits per heavy atom. The fourth-order valence-corrected chi connectivity index (χ4v) is 2.73. The Labute approximate surface area is 96.3 Å². The van der Waals surface area contributed by atoms with Gasteiger partial charge in [-0.25, -0.2) is 0 Å². The van der Waals surface area contributed by atoms with E-state index in [0.29, 0.717) is 12.0 Å². The maximum Gasteiger partial charge on any atom is 0.233 e. The number of anilines is 2. The number of nitrogens with one attached hydrogen (secondary N) is 1. The van der Waals surface area contributed by atoms with E-state index in [1.54, 1.807) is 11.3 Å². The van der Waals surface area contributed by atoms with Gasteiger partial charge in [0, 0.05) is 28.9 Å². The number of nitrogen functional groups attached to an aromatic ring is 1. The highest BCUT2D eigenvalue weighted by molar-refractivity contribution is 7.10. The van der Waals surface area contributed by atoms with Gasteiger partial charge in [-0.1, -0.05) is 6.07 Å². The highest BCUT2D eigenvalue weighted by Crippen LogP contribution is 2.16. The van der Waals surface area contributed by atoms with Crippen LogP contribution in [-0.4, -0.2) is 15.4 Å². The Bertz CT molecular complexity index is 409. The maximum absolute atomic E-state index is 5.44. The van der Waals surface area contributed by atoms with Gasteiger partial charge in [0.05, 0.1) is 0 Å². The molecule has 0 fully saturated rings. The molecule has 0 saturated carbocycles. The first-order valence-electron chi connectivity index (χ1n) is 4.62. The molecule has 0 aliphatic carbocycles. The van der Waals surface area contributed by atoms with Gasteiger partial charge in [0.1, 0.15) is 0 Å². The summed E-state index contributed by atoms with van der Waals surface area (Å²) in [6.07, 6.45) is 0.997. The summed E-state index contributed by atoms with van der Waals surface area (Å²) in [4.78, 5) is 5.43. The summed E-state index contributed by atoms with van der Waals surface area (Å²) in [5, 5.41) is 6.15. The van der Waals surface area contributed by atoms with Gasteiger partial charge in [0.2, 0.25) is 11.1 Å². The molecule has 1 unspecified atom stereocenters. The van der Waals surface area contributed by atoms with Crippen molar-refractivity contribution in [3.63, 3.8) is 0 Å². The smallest absolute Gasteiger partial charge is 0.233 e. The predicted octanol–water partition coefficient (Wildman–Crippen LogP) is 2.22. The molecule has 0 aliphatic heterocycles. The van der Waals surface area contributed by atoms with Crippen molar-refractivity contribution < 1.29 is 0 Å². The molecule has 2 heterocycles. The molecule has 1 atom stereocenters. The number of rotatable bonds is 4. The van der Waals surface area contributed by atoms with Crippen molar-refractivity contribution in [2.45, 2.75) is 19.4 Å². The van der Waals surface area contributed by atoms with Crippen molar-refractivity contribution in [1.82, 2.24) is 9.36 Å². The van der Waals surface area contributed by atoms with E-state index in [-0.39, 0.29) is 0 Å². The summed E-state index contributed by atoms with van der Waals surface area (Å²) in [5.74, 6) is 0.339. The topological polar surface area (TPSA) is 63.8 Å². The summed E-state index contributed by atoms with van der Waals surface area (Å²) in [6.45, 7) is 2.12. The lowest BCUT2D eigenvalue weighted by atomic mass is 10.2. The zero-order valence-corrected chi connectivity index (χ0v) is 9.94. The van der Waals surface area contributed by atoms with Gasteiger partial charge in [-0.3, -0.25) is 0 Å². The van der Waals surface area contributed by atoms with Crippen LogP contribution in [0.5, 0.6) is 0 Å². The maximum atomic E-state index is 5.44. The lowest BCUT2D eigenvalue weighted by Gasteiger charge is -2.10. The molecule has 4 nitrogen and oxygen atoms in total. The number of aromatic nitrogens is 2. The second-order valence-electron chi connectivity index (χ2n) is 3.29. The van der Waals surface area contributed by atoms with Crippen LogP contribution >= 0.6 is 22.9 Å². The molecule has 2 aromatic rings. The molecule has 6 heteroatoms. The molecule has 0 aliphatic rings. The van der Waals surface area contributed by atoms with E-state index in [2.05, 4.69) is 39.1 Å². The molecule has 0 saturated heterocycles. The molecule has 0 bridgehead atoms. The minimum absolute atomic E-state index is 0.339. The van der Waals surface area contributed by atoms with Gasteiger partial charge in [0.15, 0.2) is 0 Å². The van der Waals surface area contributed by atoms with E-state index in [1.165, 1.54) is 16.4 Å². The van der Waals surface area contributed by atoms with Crippen molar-refractivity contribution in [3.8, 4) is 0 Å². The standard InChI is InChI=1S/C9H12N4S2/c1-6(5-7-3-2-4-14-7)11-9-12-8(10)13-15-9/h2-4,6H,5H2,1H3,(H3,10,11,12,13). The molecule has 0 aromatic carbocycles. The highest BCUT2D eigenvalue weighted by Gasteiger charge is 2.07. The van der Waals surface area contributed by atoms with E-state index in [4.69, 9.17) is 5.73 Å². The zero-order valence-electron chi connectivity index (χ0n) is 8.30.